The Labute approximate surface area is 226 Å². The van der Waals surface area contributed by atoms with Gasteiger partial charge in [-0.25, -0.2) is 9.37 Å². The molecule has 0 atom stereocenters. The number of hydrogen-bond donors (Lipinski definition) is 1. The maximum absolute atomic E-state index is 14.2. The Hall–Kier alpha value is -3.26. The number of likely N-dealkylation sites (tertiary alicyclic amines) is 1. The minimum atomic E-state index is -0.719. The Morgan fingerprint density at radius 1 is 1.08 bits per heavy atom. The molecular weight excluding hydrogens is 503 g/mol. The van der Waals surface area contributed by atoms with Gasteiger partial charge < -0.3 is 14.7 Å². The second-order valence-electron chi connectivity index (χ2n) is 10.4. The van der Waals surface area contributed by atoms with Gasteiger partial charge in [-0.15, -0.1) is 11.3 Å². The van der Waals surface area contributed by atoms with Gasteiger partial charge in [-0.2, -0.15) is 0 Å². The number of carbonyl (C=O) groups is 2. The van der Waals surface area contributed by atoms with Gasteiger partial charge in [0.15, 0.2) is 0 Å². The van der Waals surface area contributed by atoms with E-state index in [1.165, 1.54) is 29.9 Å². The van der Waals surface area contributed by atoms with Crippen LogP contribution in [0.2, 0.25) is 0 Å². The van der Waals surface area contributed by atoms with E-state index in [-0.39, 0.29) is 23.6 Å². The van der Waals surface area contributed by atoms with Crippen molar-refractivity contribution in [2.45, 2.75) is 64.4 Å². The molecule has 1 aliphatic heterocycles. The molecule has 1 saturated heterocycles. The van der Waals surface area contributed by atoms with Crippen molar-refractivity contribution in [2.24, 2.45) is 5.92 Å². The summed E-state index contributed by atoms with van der Waals surface area (Å²) in [7, 11) is 0. The summed E-state index contributed by atoms with van der Waals surface area (Å²) in [6.07, 6.45) is 6.21. The van der Waals surface area contributed by atoms with E-state index in [1.54, 1.807) is 6.07 Å². The molecule has 1 amide bonds. The normalized spacial score (nSPS) is 19.8. The number of carbonyl (C=O) groups excluding carboxylic acids is 1. The molecule has 0 spiro atoms. The van der Waals surface area contributed by atoms with Crippen LogP contribution in [0.3, 0.4) is 0 Å². The molecule has 0 radical (unpaired) electrons. The predicted octanol–water partition coefficient (Wildman–Crippen LogP) is 6.82. The van der Waals surface area contributed by atoms with Gasteiger partial charge in [0, 0.05) is 35.5 Å². The fraction of sp³-hybridized carbons (Fsp3) is 0.433. The molecule has 6 nitrogen and oxygen atoms in total. The number of ether oxygens (including phenoxy) is 1. The van der Waals surface area contributed by atoms with E-state index in [0.29, 0.717) is 42.0 Å². The Balaban J connectivity index is 1.28. The highest BCUT2D eigenvalue weighted by Crippen LogP contribution is 2.40. The minimum Gasteiger partial charge on any atom is -0.488 e. The average Bonchev–Trinajstić information content (AvgIpc) is 3.43. The number of amides is 1. The first-order valence-corrected chi connectivity index (χ1v) is 14.3. The second kappa shape index (κ2) is 11.6. The van der Waals surface area contributed by atoms with Crippen LogP contribution < -0.4 is 4.74 Å². The third-order valence-corrected chi connectivity index (χ3v) is 8.79. The Kier molecular flexibility index (Phi) is 8.07. The second-order valence-corrected chi connectivity index (χ2v) is 11.3. The van der Waals surface area contributed by atoms with Crippen LogP contribution in [0.25, 0.3) is 11.3 Å². The highest BCUT2D eigenvalue weighted by atomic mass is 32.1. The Morgan fingerprint density at radius 3 is 2.55 bits per heavy atom. The summed E-state index contributed by atoms with van der Waals surface area (Å²) in [6, 6.07) is 10.2. The molecule has 1 N–H and O–H groups in total. The molecule has 2 aromatic carbocycles. The van der Waals surface area contributed by atoms with Gasteiger partial charge in [-0.1, -0.05) is 6.07 Å². The molecular formula is C30H33FN2O4S. The number of aliphatic carboxylic acids is 1. The van der Waals surface area contributed by atoms with Crippen molar-refractivity contribution in [1.29, 1.82) is 0 Å². The number of hydrogen-bond acceptors (Lipinski definition) is 5. The van der Waals surface area contributed by atoms with Gasteiger partial charge in [0.25, 0.3) is 5.91 Å². The molecule has 2 heterocycles. The average molecular weight is 537 g/mol. The molecule has 8 heteroatoms. The standard InChI is InChI=1S/C30H33FN2O4S/c1-19-15-22(29(34)33-13-3-2-4-14-33)9-10-23(19)17-37-27-12-11-24(31)16-25(27)26-18-38-28(32-26)20-5-7-21(8-6-20)30(35)36/h9-12,15-16,18,20-21H,2-8,13-14,17H2,1H3,(H,35,36). The number of nitrogens with zero attached hydrogens (tertiary/aromatic N) is 2. The number of carboxylic acid groups (broad SMARTS) is 1. The van der Waals surface area contributed by atoms with Crippen LogP contribution in [0, 0.1) is 18.7 Å². The SMILES string of the molecule is Cc1cc(C(=O)N2CCCCC2)ccc1COc1ccc(F)cc1-c1csc(C2CCC(C(=O)O)CC2)n1. The summed E-state index contributed by atoms with van der Waals surface area (Å²) in [5.41, 5.74) is 3.90. The van der Waals surface area contributed by atoms with Gasteiger partial charge in [-0.3, -0.25) is 9.59 Å². The lowest BCUT2D eigenvalue weighted by Gasteiger charge is -2.27. The summed E-state index contributed by atoms with van der Waals surface area (Å²) < 4.78 is 20.4. The summed E-state index contributed by atoms with van der Waals surface area (Å²) in [5, 5.41) is 12.2. The zero-order chi connectivity index (χ0) is 26.6. The molecule has 200 valence electrons. The van der Waals surface area contributed by atoms with E-state index >= 15 is 0 Å². The molecule has 1 saturated carbocycles. The minimum absolute atomic E-state index is 0.0804. The molecule has 2 fully saturated rings. The molecule has 1 aromatic heterocycles. The van der Waals surface area contributed by atoms with Crippen LogP contribution in [0.4, 0.5) is 4.39 Å². The topological polar surface area (TPSA) is 79.7 Å². The van der Waals surface area contributed by atoms with E-state index < -0.39 is 5.97 Å². The lowest BCUT2D eigenvalue weighted by atomic mass is 9.82. The zero-order valence-corrected chi connectivity index (χ0v) is 22.4. The van der Waals surface area contributed by atoms with Crippen molar-refractivity contribution < 1.29 is 23.8 Å². The summed E-state index contributed by atoms with van der Waals surface area (Å²) in [4.78, 5) is 30.9. The molecule has 5 rings (SSSR count). The van der Waals surface area contributed by atoms with Crippen molar-refractivity contribution in [3.8, 4) is 17.0 Å². The van der Waals surface area contributed by atoms with E-state index in [2.05, 4.69) is 0 Å². The molecule has 0 bridgehead atoms. The fourth-order valence-electron chi connectivity index (χ4n) is 5.44. The number of piperidine rings is 1. The van der Waals surface area contributed by atoms with Crippen LogP contribution in [-0.2, 0) is 11.4 Å². The number of thiazole rings is 1. The third-order valence-electron chi connectivity index (χ3n) is 7.78. The highest BCUT2D eigenvalue weighted by Gasteiger charge is 2.28. The Morgan fingerprint density at radius 2 is 1.84 bits per heavy atom. The molecule has 2 aliphatic rings. The maximum Gasteiger partial charge on any atom is 0.306 e. The third kappa shape index (κ3) is 5.90. The smallest absolute Gasteiger partial charge is 0.306 e. The van der Waals surface area contributed by atoms with E-state index in [9.17, 15) is 19.1 Å². The first-order valence-electron chi connectivity index (χ1n) is 13.4. The van der Waals surface area contributed by atoms with E-state index in [1.807, 2.05) is 35.4 Å². The van der Waals surface area contributed by atoms with Gasteiger partial charge in [-0.05, 0) is 93.3 Å². The van der Waals surface area contributed by atoms with Crippen molar-refractivity contribution in [3.63, 3.8) is 0 Å². The molecule has 1 aliphatic carbocycles. The lowest BCUT2D eigenvalue weighted by Crippen LogP contribution is -2.35. The van der Waals surface area contributed by atoms with E-state index in [4.69, 9.17) is 9.72 Å². The first kappa shape index (κ1) is 26.4. The monoisotopic (exact) mass is 536 g/mol. The molecule has 0 unspecified atom stereocenters. The molecule has 38 heavy (non-hydrogen) atoms. The number of benzene rings is 2. The van der Waals surface area contributed by atoms with Crippen molar-refractivity contribution in [3.05, 3.63) is 69.3 Å². The van der Waals surface area contributed by atoms with Crippen molar-refractivity contribution >= 4 is 23.2 Å². The van der Waals surface area contributed by atoms with E-state index in [0.717, 1.165) is 54.9 Å². The quantitative estimate of drug-likeness (QED) is 0.358. The largest absolute Gasteiger partial charge is 0.488 e. The predicted molar refractivity (Wildman–Crippen MR) is 145 cm³/mol. The number of aryl methyl sites for hydroxylation is 1. The van der Waals surface area contributed by atoms with Gasteiger partial charge in [0.05, 0.1) is 16.6 Å². The lowest BCUT2D eigenvalue weighted by molar-refractivity contribution is -0.142. The van der Waals surface area contributed by atoms with Crippen molar-refractivity contribution in [1.82, 2.24) is 9.88 Å². The van der Waals surface area contributed by atoms with Crippen LogP contribution in [0.5, 0.6) is 5.75 Å². The van der Waals surface area contributed by atoms with Crippen molar-refractivity contribution in [2.75, 3.05) is 13.1 Å². The van der Waals surface area contributed by atoms with Gasteiger partial charge >= 0.3 is 5.97 Å². The molecule has 3 aromatic rings. The maximum atomic E-state index is 14.2. The van der Waals surface area contributed by atoms with Crippen LogP contribution in [-0.4, -0.2) is 40.0 Å². The summed E-state index contributed by atoms with van der Waals surface area (Å²) >= 11 is 1.54. The number of halogens is 1. The summed E-state index contributed by atoms with van der Waals surface area (Å²) in [6.45, 7) is 3.90. The number of aromatic nitrogens is 1. The van der Waals surface area contributed by atoms with Crippen LogP contribution >= 0.6 is 11.3 Å². The number of carboxylic acids is 1. The zero-order valence-electron chi connectivity index (χ0n) is 21.6. The highest BCUT2D eigenvalue weighted by molar-refractivity contribution is 7.10. The van der Waals surface area contributed by atoms with Gasteiger partial charge in [0.2, 0.25) is 0 Å². The van der Waals surface area contributed by atoms with Gasteiger partial charge in [0.1, 0.15) is 18.2 Å². The Bertz CT molecular complexity index is 1310. The van der Waals surface area contributed by atoms with Crippen LogP contribution in [0.15, 0.2) is 41.8 Å². The van der Waals surface area contributed by atoms with Crippen LogP contribution in [0.1, 0.15) is 77.4 Å². The first-order chi connectivity index (χ1) is 18.4. The fourth-order valence-corrected chi connectivity index (χ4v) is 6.43. The summed E-state index contributed by atoms with van der Waals surface area (Å²) in [5.74, 6) is -0.489. The number of rotatable bonds is 7.